The molecule has 1 amide bonds. The van der Waals surface area contributed by atoms with Gasteiger partial charge < -0.3 is 19.5 Å². The first-order valence-electron chi connectivity index (χ1n) is 10.3. The summed E-state index contributed by atoms with van der Waals surface area (Å²) in [4.78, 5) is 10.7. The molecule has 1 heterocycles. The number of benzene rings is 2. The third-order valence-electron chi connectivity index (χ3n) is 5.51. The summed E-state index contributed by atoms with van der Waals surface area (Å²) in [7, 11) is 0. The molecule has 0 saturated carbocycles. The lowest BCUT2D eigenvalue weighted by Crippen LogP contribution is -2.27. The Morgan fingerprint density at radius 2 is 1.83 bits per heavy atom. The average Bonchev–Trinajstić information content (AvgIpc) is 3.17. The van der Waals surface area contributed by atoms with E-state index in [1.54, 1.807) is 0 Å². The Morgan fingerprint density at radius 3 is 2.48 bits per heavy atom. The van der Waals surface area contributed by atoms with E-state index in [4.69, 9.17) is 14.2 Å². The minimum absolute atomic E-state index is 0.350. The van der Waals surface area contributed by atoms with Crippen molar-refractivity contribution in [2.24, 2.45) is 11.8 Å². The second kappa shape index (κ2) is 9.90. The Labute approximate surface area is 173 Å². The summed E-state index contributed by atoms with van der Waals surface area (Å²) in [5, 5.41) is 2.82. The first kappa shape index (κ1) is 21.3. The van der Waals surface area contributed by atoms with Crippen molar-refractivity contribution in [2.45, 2.75) is 39.6 Å². The van der Waals surface area contributed by atoms with E-state index in [0.717, 1.165) is 29.7 Å². The van der Waals surface area contributed by atoms with Crippen molar-refractivity contribution in [3.63, 3.8) is 0 Å². The average molecular weight is 398 g/mol. The van der Waals surface area contributed by atoms with Gasteiger partial charge in [-0.3, -0.25) is 4.79 Å². The molecule has 0 aliphatic carbocycles. The zero-order valence-corrected chi connectivity index (χ0v) is 17.5. The SMILES string of the molecule is CC(C)C(CNC=O)Cc1ccc(C2(C)OCCO2)c(OCc2ccccc2)c1. The summed E-state index contributed by atoms with van der Waals surface area (Å²) < 4.78 is 18.0. The summed E-state index contributed by atoms with van der Waals surface area (Å²) in [5.41, 5.74) is 3.18. The van der Waals surface area contributed by atoms with Crippen LogP contribution in [0.25, 0.3) is 0 Å². The van der Waals surface area contributed by atoms with Crippen LogP contribution in [0.4, 0.5) is 0 Å². The number of carbonyl (C=O) groups is 1. The highest BCUT2D eigenvalue weighted by Gasteiger charge is 2.36. The molecule has 5 nitrogen and oxygen atoms in total. The predicted octanol–water partition coefficient (Wildman–Crippen LogP) is 4.05. The second-order valence-corrected chi connectivity index (χ2v) is 7.98. The quantitative estimate of drug-likeness (QED) is 0.615. The van der Waals surface area contributed by atoms with E-state index < -0.39 is 5.79 Å². The molecule has 1 unspecified atom stereocenters. The monoisotopic (exact) mass is 397 g/mol. The summed E-state index contributed by atoms with van der Waals surface area (Å²) in [5.74, 6) is 0.792. The number of carbonyl (C=O) groups excluding carboxylic acids is 1. The maximum Gasteiger partial charge on any atom is 0.207 e. The Bertz CT molecular complexity index is 785. The van der Waals surface area contributed by atoms with Crippen LogP contribution in [0, 0.1) is 11.8 Å². The highest BCUT2D eigenvalue weighted by atomic mass is 16.7. The van der Waals surface area contributed by atoms with E-state index in [2.05, 4.69) is 31.3 Å². The van der Waals surface area contributed by atoms with E-state index in [1.165, 1.54) is 5.56 Å². The molecule has 1 N–H and O–H groups in total. The molecule has 0 spiro atoms. The zero-order chi connectivity index (χ0) is 20.7. The van der Waals surface area contributed by atoms with Crippen LogP contribution < -0.4 is 10.1 Å². The largest absolute Gasteiger partial charge is 0.488 e. The molecule has 5 heteroatoms. The van der Waals surface area contributed by atoms with Crippen LogP contribution in [-0.2, 0) is 33.1 Å². The summed E-state index contributed by atoms with van der Waals surface area (Å²) in [6.45, 7) is 8.58. The van der Waals surface area contributed by atoms with Crippen LogP contribution in [0.15, 0.2) is 48.5 Å². The van der Waals surface area contributed by atoms with E-state index in [9.17, 15) is 4.79 Å². The van der Waals surface area contributed by atoms with Gasteiger partial charge in [-0.15, -0.1) is 0 Å². The van der Waals surface area contributed by atoms with E-state index in [1.807, 2.05) is 43.3 Å². The molecule has 2 aromatic rings. The van der Waals surface area contributed by atoms with E-state index >= 15 is 0 Å². The Balaban J connectivity index is 1.84. The lowest BCUT2D eigenvalue weighted by molar-refractivity contribution is -0.151. The molecule has 1 aliphatic rings. The minimum atomic E-state index is -0.791. The van der Waals surface area contributed by atoms with Crippen molar-refractivity contribution >= 4 is 6.41 Å². The zero-order valence-electron chi connectivity index (χ0n) is 17.5. The molecule has 3 rings (SSSR count). The summed E-state index contributed by atoms with van der Waals surface area (Å²) >= 11 is 0. The van der Waals surface area contributed by atoms with Gasteiger partial charge in [-0.25, -0.2) is 0 Å². The van der Waals surface area contributed by atoms with E-state index in [-0.39, 0.29) is 0 Å². The van der Waals surface area contributed by atoms with Gasteiger partial charge in [0.25, 0.3) is 0 Å². The van der Waals surface area contributed by atoms with Crippen LogP contribution in [0.5, 0.6) is 5.75 Å². The molecular weight excluding hydrogens is 366 g/mol. The molecule has 0 bridgehead atoms. The van der Waals surface area contributed by atoms with Crippen LogP contribution in [-0.4, -0.2) is 26.2 Å². The van der Waals surface area contributed by atoms with Gasteiger partial charge in [0.15, 0.2) is 5.79 Å². The van der Waals surface area contributed by atoms with Crippen molar-refractivity contribution in [2.75, 3.05) is 19.8 Å². The van der Waals surface area contributed by atoms with Crippen molar-refractivity contribution < 1.29 is 19.0 Å². The van der Waals surface area contributed by atoms with Gasteiger partial charge in [-0.2, -0.15) is 0 Å². The van der Waals surface area contributed by atoms with Crippen LogP contribution in [0.2, 0.25) is 0 Å². The highest BCUT2D eigenvalue weighted by molar-refractivity contribution is 5.46. The van der Waals surface area contributed by atoms with Crippen LogP contribution in [0.3, 0.4) is 0 Å². The molecule has 0 aromatic heterocycles. The van der Waals surface area contributed by atoms with Crippen molar-refractivity contribution in [1.82, 2.24) is 5.32 Å². The van der Waals surface area contributed by atoms with Crippen LogP contribution in [0.1, 0.15) is 37.5 Å². The maximum absolute atomic E-state index is 10.7. The molecule has 156 valence electrons. The Morgan fingerprint density at radius 1 is 1.10 bits per heavy atom. The van der Waals surface area contributed by atoms with Gasteiger partial charge in [0.2, 0.25) is 6.41 Å². The lowest BCUT2D eigenvalue weighted by atomic mass is 9.88. The number of hydrogen-bond acceptors (Lipinski definition) is 4. The first-order valence-corrected chi connectivity index (χ1v) is 10.3. The minimum Gasteiger partial charge on any atom is -0.488 e. The fourth-order valence-electron chi connectivity index (χ4n) is 3.64. The molecule has 1 saturated heterocycles. The maximum atomic E-state index is 10.7. The third kappa shape index (κ3) is 5.58. The number of amides is 1. The standard InChI is InChI=1S/C24H31NO4/c1-18(2)21(15-25-17-26)13-20-9-10-22(24(3)28-11-12-29-24)23(14-20)27-16-19-7-5-4-6-8-19/h4-10,14,17-18,21H,11-13,15-16H2,1-3H3,(H,25,26). The summed E-state index contributed by atoms with van der Waals surface area (Å²) in [6.07, 6.45) is 1.63. The van der Waals surface area contributed by atoms with Crippen molar-refractivity contribution in [3.8, 4) is 5.75 Å². The third-order valence-corrected chi connectivity index (χ3v) is 5.51. The van der Waals surface area contributed by atoms with Crippen LogP contribution >= 0.6 is 0 Å². The van der Waals surface area contributed by atoms with E-state index in [0.29, 0.717) is 38.2 Å². The summed E-state index contributed by atoms with van der Waals surface area (Å²) in [6, 6.07) is 16.4. The smallest absolute Gasteiger partial charge is 0.207 e. The van der Waals surface area contributed by atoms with Gasteiger partial charge in [0, 0.05) is 6.54 Å². The Kier molecular flexibility index (Phi) is 7.29. The molecule has 1 aliphatic heterocycles. The molecule has 29 heavy (non-hydrogen) atoms. The highest BCUT2D eigenvalue weighted by Crippen LogP contribution is 2.38. The topological polar surface area (TPSA) is 56.8 Å². The second-order valence-electron chi connectivity index (χ2n) is 7.98. The van der Waals surface area contributed by atoms with Gasteiger partial charge in [0.1, 0.15) is 12.4 Å². The first-order chi connectivity index (χ1) is 14.0. The number of rotatable bonds is 10. The Hall–Kier alpha value is -2.37. The molecule has 1 atom stereocenters. The van der Waals surface area contributed by atoms with Gasteiger partial charge >= 0.3 is 0 Å². The fraction of sp³-hybridized carbons (Fsp3) is 0.458. The molecule has 1 fully saturated rings. The fourth-order valence-corrected chi connectivity index (χ4v) is 3.64. The molecular formula is C24H31NO4. The normalized spacial score (nSPS) is 16.6. The number of nitrogens with one attached hydrogen (secondary N) is 1. The van der Waals surface area contributed by atoms with Crippen molar-refractivity contribution in [3.05, 3.63) is 65.2 Å². The number of hydrogen-bond donors (Lipinski definition) is 1. The van der Waals surface area contributed by atoms with Gasteiger partial charge in [0.05, 0.1) is 18.8 Å². The predicted molar refractivity (Wildman–Crippen MR) is 113 cm³/mol. The van der Waals surface area contributed by atoms with Crippen molar-refractivity contribution in [1.29, 1.82) is 0 Å². The van der Waals surface area contributed by atoms with Gasteiger partial charge in [-0.1, -0.05) is 50.2 Å². The van der Waals surface area contributed by atoms with Gasteiger partial charge in [-0.05, 0) is 48.4 Å². The lowest BCUT2D eigenvalue weighted by Gasteiger charge is -2.27. The molecule has 2 aromatic carbocycles. The number of ether oxygens (including phenoxy) is 3. The molecule has 0 radical (unpaired) electrons.